The van der Waals surface area contributed by atoms with Gasteiger partial charge in [0.15, 0.2) is 0 Å². The maximum Gasteiger partial charge on any atom is 0.251 e. The molecule has 0 aliphatic heterocycles. The van der Waals surface area contributed by atoms with Gasteiger partial charge in [-0.15, -0.1) is 11.8 Å². The Labute approximate surface area is 146 Å². The zero-order valence-corrected chi connectivity index (χ0v) is 14.1. The van der Waals surface area contributed by atoms with Crippen molar-refractivity contribution in [2.75, 3.05) is 11.1 Å². The molecule has 0 radical (unpaired) electrons. The molecule has 2 N–H and O–H groups in total. The van der Waals surface area contributed by atoms with Crippen molar-refractivity contribution in [3.05, 3.63) is 60.2 Å². The number of carbonyl (C=O) groups is 2. The van der Waals surface area contributed by atoms with E-state index in [0.717, 1.165) is 23.5 Å². The van der Waals surface area contributed by atoms with E-state index in [1.54, 1.807) is 36.0 Å². The Morgan fingerprint density at radius 3 is 2.38 bits per heavy atom. The van der Waals surface area contributed by atoms with E-state index in [-0.39, 0.29) is 11.8 Å². The largest absolute Gasteiger partial charge is 0.349 e. The van der Waals surface area contributed by atoms with Crippen molar-refractivity contribution in [3.63, 3.8) is 0 Å². The minimum atomic E-state index is -0.0466. The number of anilines is 1. The summed E-state index contributed by atoms with van der Waals surface area (Å²) in [4.78, 5) is 25.0. The molecule has 1 fully saturated rings. The number of carbonyl (C=O) groups excluding carboxylic acids is 2. The van der Waals surface area contributed by atoms with E-state index < -0.39 is 0 Å². The van der Waals surface area contributed by atoms with Crippen LogP contribution in [0, 0.1) is 0 Å². The van der Waals surface area contributed by atoms with E-state index in [0.29, 0.717) is 23.7 Å². The average molecular weight is 340 g/mol. The maximum atomic E-state index is 12.0. The monoisotopic (exact) mass is 340 g/mol. The molecule has 0 unspecified atom stereocenters. The molecule has 0 heterocycles. The van der Waals surface area contributed by atoms with Gasteiger partial charge in [0, 0.05) is 34.4 Å². The number of thioether (sulfide) groups is 1. The van der Waals surface area contributed by atoms with Crippen molar-refractivity contribution < 1.29 is 9.59 Å². The molecule has 3 rings (SSSR count). The van der Waals surface area contributed by atoms with E-state index in [1.807, 2.05) is 30.3 Å². The molecular formula is C19H20N2O2S. The third-order valence-corrected chi connectivity index (χ3v) is 4.70. The van der Waals surface area contributed by atoms with Gasteiger partial charge in [-0.25, -0.2) is 0 Å². The standard InChI is InChI=1S/C19H20N2O2S/c22-18(12-13-24-17-4-2-1-3-5-17)20-15-8-6-14(7-9-15)19(23)21-16-10-11-16/h1-9,16H,10-13H2,(H,20,22)(H,21,23). The summed E-state index contributed by atoms with van der Waals surface area (Å²) in [6.07, 6.45) is 2.59. The minimum absolute atomic E-state index is 0.0198. The lowest BCUT2D eigenvalue weighted by Crippen LogP contribution is -2.25. The highest BCUT2D eigenvalue weighted by molar-refractivity contribution is 7.99. The topological polar surface area (TPSA) is 58.2 Å². The zero-order valence-electron chi connectivity index (χ0n) is 13.3. The fourth-order valence-electron chi connectivity index (χ4n) is 2.20. The molecule has 0 bridgehead atoms. The summed E-state index contributed by atoms with van der Waals surface area (Å²) < 4.78 is 0. The number of hydrogen-bond acceptors (Lipinski definition) is 3. The van der Waals surface area contributed by atoms with Crippen LogP contribution in [-0.4, -0.2) is 23.6 Å². The number of nitrogens with one attached hydrogen (secondary N) is 2. The number of benzene rings is 2. The van der Waals surface area contributed by atoms with Gasteiger partial charge < -0.3 is 10.6 Å². The van der Waals surface area contributed by atoms with E-state index in [1.165, 1.54) is 0 Å². The molecule has 0 spiro atoms. The zero-order chi connectivity index (χ0) is 16.8. The van der Waals surface area contributed by atoms with Gasteiger partial charge in [0.2, 0.25) is 5.91 Å². The fraction of sp³-hybridized carbons (Fsp3) is 0.263. The van der Waals surface area contributed by atoms with Gasteiger partial charge in [0.05, 0.1) is 0 Å². The third-order valence-electron chi connectivity index (χ3n) is 3.68. The van der Waals surface area contributed by atoms with E-state index in [4.69, 9.17) is 0 Å². The van der Waals surface area contributed by atoms with Crippen LogP contribution in [-0.2, 0) is 4.79 Å². The molecule has 0 aromatic heterocycles. The molecule has 5 heteroatoms. The van der Waals surface area contributed by atoms with Crippen LogP contribution < -0.4 is 10.6 Å². The van der Waals surface area contributed by atoms with E-state index >= 15 is 0 Å². The second-order valence-electron chi connectivity index (χ2n) is 5.78. The Balaban J connectivity index is 1.43. The first-order valence-corrected chi connectivity index (χ1v) is 9.08. The third kappa shape index (κ3) is 5.13. The van der Waals surface area contributed by atoms with E-state index in [9.17, 15) is 9.59 Å². The van der Waals surface area contributed by atoms with Crippen LogP contribution in [0.1, 0.15) is 29.6 Å². The minimum Gasteiger partial charge on any atom is -0.349 e. The number of amides is 2. The van der Waals surface area contributed by atoms with Gasteiger partial charge in [0.1, 0.15) is 0 Å². The summed E-state index contributed by atoms with van der Waals surface area (Å²) in [5, 5.41) is 5.81. The number of rotatable bonds is 7. The Kier molecular flexibility index (Phi) is 5.54. The Morgan fingerprint density at radius 2 is 1.71 bits per heavy atom. The molecule has 4 nitrogen and oxygen atoms in total. The summed E-state index contributed by atoms with van der Waals surface area (Å²) >= 11 is 1.66. The van der Waals surface area contributed by atoms with Crippen LogP contribution in [0.3, 0.4) is 0 Å². The van der Waals surface area contributed by atoms with Crippen LogP contribution in [0.15, 0.2) is 59.5 Å². The molecule has 24 heavy (non-hydrogen) atoms. The molecule has 1 saturated carbocycles. The average Bonchev–Trinajstić information content (AvgIpc) is 3.40. The lowest BCUT2D eigenvalue weighted by molar-refractivity contribution is -0.115. The molecule has 1 aliphatic rings. The summed E-state index contributed by atoms with van der Waals surface area (Å²) in [6.45, 7) is 0. The highest BCUT2D eigenvalue weighted by Gasteiger charge is 2.23. The number of hydrogen-bond donors (Lipinski definition) is 2. The summed E-state index contributed by atoms with van der Waals surface area (Å²) in [5.74, 6) is 0.667. The predicted octanol–water partition coefficient (Wildman–Crippen LogP) is 3.70. The second kappa shape index (κ2) is 8.02. The molecule has 0 atom stereocenters. The second-order valence-corrected chi connectivity index (χ2v) is 6.95. The van der Waals surface area contributed by atoms with Crippen molar-refractivity contribution in [1.82, 2.24) is 5.32 Å². The van der Waals surface area contributed by atoms with Crippen LogP contribution >= 0.6 is 11.8 Å². The molecule has 2 aromatic carbocycles. The molecular weight excluding hydrogens is 320 g/mol. The molecule has 2 amide bonds. The highest BCUT2D eigenvalue weighted by atomic mass is 32.2. The van der Waals surface area contributed by atoms with Crippen LogP contribution in [0.4, 0.5) is 5.69 Å². The summed E-state index contributed by atoms with van der Waals surface area (Å²) in [7, 11) is 0. The molecule has 2 aromatic rings. The van der Waals surface area contributed by atoms with Gasteiger partial charge in [-0.2, -0.15) is 0 Å². The summed E-state index contributed by atoms with van der Waals surface area (Å²) in [6, 6.07) is 17.4. The van der Waals surface area contributed by atoms with Crippen molar-refractivity contribution in [1.29, 1.82) is 0 Å². The van der Waals surface area contributed by atoms with Gasteiger partial charge >= 0.3 is 0 Å². The van der Waals surface area contributed by atoms with Crippen molar-refractivity contribution in [2.24, 2.45) is 0 Å². The van der Waals surface area contributed by atoms with Crippen molar-refractivity contribution in [2.45, 2.75) is 30.2 Å². The molecule has 1 aliphatic carbocycles. The maximum absolute atomic E-state index is 12.0. The SMILES string of the molecule is O=C(CCSc1ccccc1)Nc1ccc(C(=O)NC2CC2)cc1. The quantitative estimate of drug-likeness (QED) is 0.756. The predicted molar refractivity (Wildman–Crippen MR) is 97.3 cm³/mol. The normalized spacial score (nSPS) is 13.3. The Morgan fingerprint density at radius 1 is 1.00 bits per heavy atom. The van der Waals surface area contributed by atoms with E-state index in [2.05, 4.69) is 10.6 Å². The Bertz CT molecular complexity index is 697. The first-order valence-electron chi connectivity index (χ1n) is 8.09. The fourth-order valence-corrected chi connectivity index (χ4v) is 3.08. The Hall–Kier alpha value is -2.27. The van der Waals surface area contributed by atoms with Crippen molar-refractivity contribution >= 4 is 29.3 Å². The lowest BCUT2D eigenvalue weighted by atomic mass is 10.2. The van der Waals surface area contributed by atoms with Crippen LogP contribution in [0.2, 0.25) is 0 Å². The molecule has 124 valence electrons. The van der Waals surface area contributed by atoms with Crippen LogP contribution in [0.5, 0.6) is 0 Å². The highest BCUT2D eigenvalue weighted by Crippen LogP contribution is 2.20. The van der Waals surface area contributed by atoms with Gasteiger partial charge in [-0.1, -0.05) is 18.2 Å². The first kappa shape index (κ1) is 16.6. The smallest absolute Gasteiger partial charge is 0.251 e. The van der Waals surface area contributed by atoms with Gasteiger partial charge in [-0.05, 0) is 49.2 Å². The molecule has 0 saturated heterocycles. The van der Waals surface area contributed by atoms with Crippen molar-refractivity contribution in [3.8, 4) is 0 Å². The van der Waals surface area contributed by atoms with Gasteiger partial charge in [-0.3, -0.25) is 9.59 Å². The van der Waals surface area contributed by atoms with Gasteiger partial charge in [0.25, 0.3) is 5.91 Å². The van der Waals surface area contributed by atoms with Crippen LogP contribution in [0.25, 0.3) is 0 Å². The lowest BCUT2D eigenvalue weighted by Gasteiger charge is -2.07. The first-order chi connectivity index (χ1) is 11.7. The summed E-state index contributed by atoms with van der Waals surface area (Å²) in [5.41, 5.74) is 1.34.